The van der Waals surface area contributed by atoms with Crippen molar-refractivity contribution >= 4 is 76.3 Å². The van der Waals surface area contributed by atoms with Gasteiger partial charge in [-0.2, -0.15) is 10.1 Å². The fourth-order valence-corrected chi connectivity index (χ4v) is 10.4. The number of nitrogens with zero attached hydrogens (tertiary/aromatic N) is 8. The van der Waals surface area contributed by atoms with Crippen LogP contribution in [0, 0.1) is 5.92 Å². The summed E-state index contributed by atoms with van der Waals surface area (Å²) in [5.74, 6) is 2.87. The topological polar surface area (TPSA) is 175 Å². The summed E-state index contributed by atoms with van der Waals surface area (Å²) in [4.78, 5) is 45.4. The van der Waals surface area contributed by atoms with Crippen molar-refractivity contribution < 1.29 is 18.9 Å². The van der Waals surface area contributed by atoms with Gasteiger partial charge in [0, 0.05) is 93.7 Å². The first kappa shape index (κ1) is 45.7. The Morgan fingerprint density at radius 2 is 1.61 bits per heavy atom. The number of aromatic nitrogens is 5. The summed E-state index contributed by atoms with van der Waals surface area (Å²) in [6.45, 7) is 9.98. The number of piperidine rings is 2. The van der Waals surface area contributed by atoms with Crippen LogP contribution in [0.2, 0.25) is 5.02 Å². The molecule has 6 aromatic rings. The van der Waals surface area contributed by atoms with Gasteiger partial charge in [0.2, 0.25) is 17.8 Å². The molecule has 3 saturated heterocycles. The van der Waals surface area contributed by atoms with E-state index in [0.717, 1.165) is 92.4 Å². The van der Waals surface area contributed by atoms with E-state index in [2.05, 4.69) is 58.2 Å². The largest absolute Gasteiger partial charge is 0.494 e. The normalized spacial score (nSPS) is 17.3. The van der Waals surface area contributed by atoms with E-state index in [4.69, 9.17) is 26.3 Å². The molecule has 18 heteroatoms. The Morgan fingerprint density at radius 3 is 2.33 bits per heavy atom. The molecule has 6 heterocycles. The van der Waals surface area contributed by atoms with E-state index in [1.165, 1.54) is 0 Å². The van der Waals surface area contributed by atoms with Crippen LogP contribution in [0.25, 0.3) is 22.3 Å². The average Bonchev–Trinajstić information content (AvgIpc) is 3.77. The Morgan fingerprint density at radius 1 is 0.821 bits per heavy atom. The number of imide groups is 1. The maximum atomic E-state index is 13.6. The Hall–Kier alpha value is -6.48. The molecule has 3 aliphatic rings. The van der Waals surface area contributed by atoms with Crippen LogP contribution >= 0.6 is 18.7 Å². The molecule has 0 spiro atoms. The minimum atomic E-state index is -2.73. The maximum absolute atomic E-state index is 13.6. The van der Waals surface area contributed by atoms with Gasteiger partial charge in [-0.05, 0) is 80.0 Å². The lowest BCUT2D eigenvalue weighted by molar-refractivity contribution is -0.133. The van der Waals surface area contributed by atoms with Crippen LogP contribution in [-0.2, 0) is 21.2 Å². The second-order valence-electron chi connectivity index (χ2n) is 17.8. The first-order valence-corrected chi connectivity index (χ1v) is 25.7. The third-order valence-corrected chi connectivity index (χ3v) is 14.5. The fourth-order valence-electron chi connectivity index (χ4n) is 9.12. The molecule has 1 unspecified atom stereocenters. The summed E-state index contributed by atoms with van der Waals surface area (Å²) >= 11 is 6.70. The van der Waals surface area contributed by atoms with E-state index in [1.54, 1.807) is 31.3 Å². The highest BCUT2D eigenvalue weighted by Gasteiger charge is 2.29. The maximum Gasteiger partial charge on any atom is 0.249 e. The molecule has 0 radical (unpaired) electrons. The second kappa shape index (κ2) is 19.8. The number of anilines is 7. The molecule has 2 amide bonds. The summed E-state index contributed by atoms with van der Waals surface area (Å²) in [6.07, 6.45) is 8.33. The number of hydrogen-bond acceptors (Lipinski definition) is 14. The Balaban J connectivity index is 0.859. The molecule has 1 atom stereocenters. The minimum Gasteiger partial charge on any atom is -0.494 e. The Bertz CT molecular complexity index is 2800. The molecule has 67 heavy (non-hydrogen) atoms. The molecule has 3 fully saturated rings. The summed E-state index contributed by atoms with van der Waals surface area (Å²) in [6, 6.07) is 25.4. The fraction of sp³-hybridized carbons (Fsp3) is 0.347. The van der Waals surface area contributed by atoms with E-state index < -0.39 is 13.2 Å². The average molecular weight is 943 g/mol. The van der Waals surface area contributed by atoms with Crippen LogP contribution in [0.5, 0.6) is 5.75 Å². The zero-order valence-corrected chi connectivity index (χ0v) is 39.9. The van der Waals surface area contributed by atoms with Gasteiger partial charge >= 0.3 is 0 Å². The molecule has 0 bridgehead atoms. The molecular weight excluding hydrogens is 887 g/mol. The molecule has 3 aromatic carbocycles. The number of methoxy groups -OCH3 is 1. The quantitative estimate of drug-likeness (QED) is 0.0621. The van der Waals surface area contributed by atoms with Crippen molar-refractivity contribution in [2.45, 2.75) is 31.7 Å². The summed E-state index contributed by atoms with van der Waals surface area (Å²) in [5.41, 5.74) is 6.40. The molecule has 16 nitrogen and oxygen atoms in total. The van der Waals surface area contributed by atoms with Gasteiger partial charge in [0.1, 0.15) is 35.6 Å². The highest BCUT2D eigenvalue weighted by Crippen LogP contribution is 2.43. The van der Waals surface area contributed by atoms with Crippen LogP contribution in [-0.4, -0.2) is 114 Å². The number of nitrogens with one attached hydrogen (secondary N) is 4. The van der Waals surface area contributed by atoms with Crippen molar-refractivity contribution in [1.82, 2.24) is 34.9 Å². The predicted octanol–water partition coefficient (Wildman–Crippen LogP) is 7.59. The molecule has 0 saturated carbocycles. The third-order valence-electron chi connectivity index (χ3n) is 12.7. The van der Waals surface area contributed by atoms with Crippen molar-refractivity contribution in [3.05, 3.63) is 102 Å². The van der Waals surface area contributed by atoms with Crippen LogP contribution in [0.3, 0.4) is 0 Å². The van der Waals surface area contributed by atoms with Crippen LogP contribution < -0.4 is 41.1 Å². The van der Waals surface area contributed by atoms with Gasteiger partial charge in [-0.25, -0.2) is 9.97 Å². The number of carbonyl (C=O) groups excluding carboxylic acids is 2. The highest BCUT2D eigenvalue weighted by molar-refractivity contribution is 7.70. The van der Waals surface area contributed by atoms with Gasteiger partial charge in [-0.1, -0.05) is 54.1 Å². The minimum absolute atomic E-state index is 0.232. The molecule has 3 aliphatic heterocycles. The number of hydrogen-bond donors (Lipinski definition) is 4. The SMILES string of the molecule is COc1cc(N2CCC(CN3CCN(c4cccc(NC5CCC(=O)NC5=O)n4)CC3)CC2)c(-c2cnn(C)c2)cc1Nc1ncc(Cl)c(Nc2ccc(-c3ccccc3)cc2P(C)(C)=O)n1. The number of halogens is 1. The Kier molecular flexibility index (Phi) is 13.5. The van der Waals surface area contributed by atoms with Crippen LogP contribution in [0.15, 0.2) is 97.5 Å². The monoisotopic (exact) mass is 942 g/mol. The van der Waals surface area contributed by atoms with Gasteiger partial charge < -0.3 is 35.1 Å². The predicted molar refractivity (Wildman–Crippen MR) is 267 cm³/mol. The standard InChI is InChI=1S/C49H56ClN12O4P/c1-59-31-35(28-52-59)36-26-40(55-49-51-29-37(50)47(58-49)54-38-14-13-34(25-43(38)67(3,4)65)33-9-6-5-7-10-33)42(66-2)27-41(36)61-19-17-32(18-20-61)30-60-21-23-62(24-22-60)45-12-8-11-44(56-45)53-39-15-16-46(63)57-48(39)64/h5-14,25-29,31-32,39H,15-24,30H2,1-4H3,(H,53,56)(H,57,63,64)(H2,51,54,55,58). The van der Waals surface area contributed by atoms with Crippen molar-refractivity contribution in [3.63, 3.8) is 0 Å². The van der Waals surface area contributed by atoms with Gasteiger partial charge in [-0.15, -0.1) is 0 Å². The van der Waals surface area contributed by atoms with Gasteiger partial charge in [0.25, 0.3) is 0 Å². The van der Waals surface area contributed by atoms with E-state index in [1.807, 2.05) is 86.2 Å². The number of benzene rings is 3. The number of rotatable bonds is 14. The summed E-state index contributed by atoms with van der Waals surface area (Å²) in [5, 5.41) is 17.9. The molecular formula is C49H56ClN12O4P. The zero-order chi connectivity index (χ0) is 46.7. The summed E-state index contributed by atoms with van der Waals surface area (Å²) < 4.78 is 21.4. The lowest BCUT2D eigenvalue weighted by Gasteiger charge is -2.40. The van der Waals surface area contributed by atoms with E-state index >= 15 is 0 Å². The molecule has 0 aliphatic carbocycles. The third kappa shape index (κ3) is 10.7. The lowest BCUT2D eigenvalue weighted by atomic mass is 9.94. The highest BCUT2D eigenvalue weighted by atomic mass is 35.5. The van der Waals surface area contributed by atoms with E-state index in [9.17, 15) is 14.2 Å². The number of carbonyl (C=O) groups is 2. The zero-order valence-electron chi connectivity index (χ0n) is 38.2. The van der Waals surface area contributed by atoms with Crippen LogP contribution in [0.4, 0.5) is 40.5 Å². The summed E-state index contributed by atoms with van der Waals surface area (Å²) in [7, 11) is 0.850. The first-order valence-electron chi connectivity index (χ1n) is 22.7. The molecule has 3 aromatic heterocycles. The van der Waals surface area contributed by atoms with Crippen molar-refractivity contribution in [3.8, 4) is 28.0 Å². The van der Waals surface area contributed by atoms with Gasteiger partial charge in [0.15, 0.2) is 5.82 Å². The van der Waals surface area contributed by atoms with E-state index in [0.29, 0.717) is 63.8 Å². The number of piperazine rings is 1. The first-order chi connectivity index (χ1) is 32.4. The van der Waals surface area contributed by atoms with E-state index in [-0.39, 0.29) is 11.8 Å². The van der Waals surface area contributed by atoms with Gasteiger partial charge in [-0.3, -0.25) is 24.5 Å². The van der Waals surface area contributed by atoms with Crippen molar-refractivity contribution in [2.75, 3.05) is 92.0 Å². The molecule has 9 rings (SSSR count). The van der Waals surface area contributed by atoms with Crippen molar-refractivity contribution in [2.24, 2.45) is 13.0 Å². The lowest BCUT2D eigenvalue weighted by Crippen LogP contribution is -2.49. The molecule has 4 N–H and O–H groups in total. The Labute approximate surface area is 395 Å². The smallest absolute Gasteiger partial charge is 0.249 e. The van der Waals surface area contributed by atoms with Crippen LogP contribution in [0.1, 0.15) is 25.7 Å². The van der Waals surface area contributed by atoms with Gasteiger partial charge in [0.05, 0.1) is 30.9 Å². The number of ether oxygens (including phenoxy) is 1. The number of aryl methyl sites for hydroxylation is 1. The number of amides is 2. The second-order valence-corrected chi connectivity index (χ2v) is 21.4. The van der Waals surface area contributed by atoms with Crippen molar-refractivity contribution in [1.29, 1.82) is 0 Å². The number of pyridine rings is 1. The molecule has 348 valence electrons.